The van der Waals surface area contributed by atoms with Crippen molar-refractivity contribution in [2.45, 2.75) is 0 Å². The van der Waals surface area contributed by atoms with Gasteiger partial charge in [-0.2, -0.15) is 0 Å². The SMILES string of the molecule is CN=CCOc1ccc(C=O)cc1. The van der Waals surface area contributed by atoms with E-state index in [0.717, 1.165) is 12.0 Å². The van der Waals surface area contributed by atoms with E-state index in [0.29, 0.717) is 12.2 Å². The molecule has 0 aliphatic carbocycles. The summed E-state index contributed by atoms with van der Waals surface area (Å²) < 4.78 is 5.28. The predicted octanol–water partition coefficient (Wildman–Crippen LogP) is 1.58. The van der Waals surface area contributed by atoms with Crippen molar-refractivity contribution in [3.05, 3.63) is 29.8 Å². The fourth-order valence-corrected chi connectivity index (χ4v) is 0.851. The van der Waals surface area contributed by atoms with E-state index in [4.69, 9.17) is 4.74 Å². The second kappa shape index (κ2) is 5.09. The summed E-state index contributed by atoms with van der Waals surface area (Å²) in [5.74, 6) is 0.741. The normalized spacial score (nSPS) is 10.2. The van der Waals surface area contributed by atoms with Crippen LogP contribution in [0.1, 0.15) is 10.4 Å². The van der Waals surface area contributed by atoms with Crippen molar-refractivity contribution in [1.29, 1.82) is 0 Å². The van der Waals surface area contributed by atoms with Gasteiger partial charge in [0.1, 0.15) is 18.6 Å². The van der Waals surface area contributed by atoms with E-state index in [1.54, 1.807) is 37.5 Å². The highest BCUT2D eigenvalue weighted by molar-refractivity contribution is 5.74. The van der Waals surface area contributed by atoms with Crippen LogP contribution in [0, 0.1) is 0 Å². The molecule has 1 aromatic carbocycles. The van der Waals surface area contributed by atoms with Crippen molar-refractivity contribution in [2.75, 3.05) is 13.7 Å². The third-order valence-corrected chi connectivity index (χ3v) is 1.52. The molecule has 0 spiro atoms. The van der Waals surface area contributed by atoms with E-state index in [1.807, 2.05) is 0 Å². The Morgan fingerprint density at radius 1 is 1.38 bits per heavy atom. The van der Waals surface area contributed by atoms with E-state index in [9.17, 15) is 4.79 Å². The lowest BCUT2D eigenvalue weighted by Crippen LogP contribution is -1.97. The van der Waals surface area contributed by atoms with E-state index in [-0.39, 0.29) is 0 Å². The number of nitrogens with zero attached hydrogens (tertiary/aromatic N) is 1. The number of rotatable bonds is 4. The average molecular weight is 177 g/mol. The minimum absolute atomic E-state index is 0.455. The van der Waals surface area contributed by atoms with E-state index < -0.39 is 0 Å². The van der Waals surface area contributed by atoms with E-state index in [1.165, 1.54) is 0 Å². The average Bonchev–Trinajstić information content (AvgIpc) is 2.19. The molecule has 0 aliphatic rings. The molecule has 0 N–H and O–H groups in total. The van der Waals surface area contributed by atoms with Crippen LogP contribution in [0.5, 0.6) is 5.75 Å². The summed E-state index contributed by atoms with van der Waals surface area (Å²) in [6, 6.07) is 6.94. The van der Waals surface area contributed by atoms with Gasteiger partial charge in [0, 0.05) is 18.8 Å². The number of hydrogen-bond acceptors (Lipinski definition) is 3. The number of aldehydes is 1. The Bertz CT molecular complexity index is 290. The molecule has 0 bridgehead atoms. The quantitative estimate of drug-likeness (QED) is 0.517. The van der Waals surface area contributed by atoms with Gasteiger partial charge in [-0.3, -0.25) is 9.79 Å². The zero-order valence-corrected chi connectivity index (χ0v) is 7.43. The molecule has 0 aliphatic heterocycles. The molecule has 0 amide bonds. The van der Waals surface area contributed by atoms with Gasteiger partial charge in [-0.05, 0) is 24.3 Å². The van der Waals surface area contributed by atoms with Crippen LogP contribution in [0.3, 0.4) is 0 Å². The molecule has 0 aromatic heterocycles. The maximum absolute atomic E-state index is 10.3. The molecule has 3 nitrogen and oxygen atoms in total. The second-order valence-electron chi connectivity index (χ2n) is 2.44. The zero-order chi connectivity index (χ0) is 9.52. The topological polar surface area (TPSA) is 38.7 Å². The van der Waals surface area contributed by atoms with Gasteiger partial charge in [0.2, 0.25) is 0 Å². The molecule has 1 rings (SSSR count). The summed E-state index contributed by atoms with van der Waals surface area (Å²) in [5, 5.41) is 0. The van der Waals surface area contributed by atoms with Gasteiger partial charge in [-0.1, -0.05) is 0 Å². The lowest BCUT2D eigenvalue weighted by Gasteiger charge is -2.01. The highest BCUT2D eigenvalue weighted by Crippen LogP contribution is 2.10. The zero-order valence-electron chi connectivity index (χ0n) is 7.43. The van der Waals surface area contributed by atoms with Crippen molar-refractivity contribution >= 4 is 12.5 Å². The van der Waals surface area contributed by atoms with Crippen molar-refractivity contribution in [2.24, 2.45) is 4.99 Å². The monoisotopic (exact) mass is 177 g/mol. The summed E-state index contributed by atoms with van der Waals surface area (Å²) in [6.07, 6.45) is 2.48. The van der Waals surface area contributed by atoms with Crippen LogP contribution in [-0.4, -0.2) is 26.2 Å². The minimum atomic E-state index is 0.455. The largest absolute Gasteiger partial charge is 0.488 e. The second-order valence-corrected chi connectivity index (χ2v) is 2.44. The molecule has 0 radical (unpaired) electrons. The molecular weight excluding hydrogens is 166 g/mol. The maximum Gasteiger partial charge on any atom is 0.150 e. The third kappa shape index (κ3) is 3.07. The summed E-state index contributed by atoms with van der Waals surface area (Å²) in [4.78, 5) is 14.1. The fourth-order valence-electron chi connectivity index (χ4n) is 0.851. The Balaban J connectivity index is 2.53. The number of carbonyl (C=O) groups excluding carboxylic acids is 1. The van der Waals surface area contributed by atoms with Crippen LogP contribution < -0.4 is 4.74 Å². The maximum atomic E-state index is 10.3. The highest BCUT2D eigenvalue weighted by atomic mass is 16.5. The Morgan fingerprint density at radius 2 is 2.08 bits per heavy atom. The minimum Gasteiger partial charge on any atom is -0.488 e. The molecule has 0 heterocycles. The molecular formula is C10H11NO2. The van der Waals surface area contributed by atoms with Crippen molar-refractivity contribution in [1.82, 2.24) is 0 Å². The Hall–Kier alpha value is -1.64. The van der Waals surface area contributed by atoms with Gasteiger partial charge >= 0.3 is 0 Å². The summed E-state index contributed by atoms with van der Waals surface area (Å²) in [5.41, 5.74) is 0.650. The lowest BCUT2D eigenvalue weighted by atomic mass is 10.2. The molecule has 0 unspecified atom stereocenters. The number of aliphatic imine (C=N–C) groups is 1. The summed E-state index contributed by atoms with van der Waals surface area (Å²) >= 11 is 0. The van der Waals surface area contributed by atoms with E-state index in [2.05, 4.69) is 4.99 Å². The first kappa shape index (κ1) is 9.45. The molecule has 3 heteroatoms. The molecule has 0 fully saturated rings. The third-order valence-electron chi connectivity index (χ3n) is 1.52. The Labute approximate surface area is 77.1 Å². The lowest BCUT2D eigenvalue weighted by molar-refractivity contribution is 0.112. The smallest absolute Gasteiger partial charge is 0.150 e. The van der Waals surface area contributed by atoms with Crippen LogP contribution in [-0.2, 0) is 0 Å². The van der Waals surface area contributed by atoms with Crippen molar-refractivity contribution in [3.63, 3.8) is 0 Å². The van der Waals surface area contributed by atoms with Gasteiger partial charge in [0.05, 0.1) is 0 Å². The standard InChI is InChI=1S/C10H11NO2/c1-11-6-7-13-10-4-2-9(8-12)3-5-10/h2-6,8H,7H2,1H3. The summed E-state index contributed by atoms with van der Waals surface area (Å²) in [7, 11) is 1.69. The fraction of sp³-hybridized carbons (Fsp3) is 0.200. The molecule has 13 heavy (non-hydrogen) atoms. The van der Waals surface area contributed by atoms with Crippen LogP contribution >= 0.6 is 0 Å². The molecule has 0 saturated carbocycles. The molecule has 1 aromatic rings. The number of carbonyl (C=O) groups is 1. The van der Waals surface area contributed by atoms with Gasteiger partial charge in [0.25, 0.3) is 0 Å². The van der Waals surface area contributed by atoms with Gasteiger partial charge < -0.3 is 4.74 Å². The van der Waals surface area contributed by atoms with Crippen LogP contribution in [0.15, 0.2) is 29.3 Å². The molecule has 0 saturated heterocycles. The molecule has 0 atom stereocenters. The Morgan fingerprint density at radius 3 is 2.62 bits per heavy atom. The van der Waals surface area contributed by atoms with Crippen LogP contribution in [0.2, 0.25) is 0 Å². The van der Waals surface area contributed by atoms with Crippen molar-refractivity contribution in [3.8, 4) is 5.75 Å². The highest BCUT2D eigenvalue weighted by Gasteiger charge is 1.92. The predicted molar refractivity (Wildman–Crippen MR) is 51.7 cm³/mol. The first-order valence-corrected chi connectivity index (χ1v) is 3.95. The first-order chi connectivity index (χ1) is 6.36. The molecule has 68 valence electrons. The summed E-state index contributed by atoms with van der Waals surface area (Å²) in [6.45, 7) is 0.455. The number of hydrogen-bond donors (Lipinski definition) is 0. The number of benzene rings is 1. The van der Waals surface area contributed by atoms with Gasteiger partial charge in [-0.15, -0.1) is 0 Å². The van der Waals surface area contributed by atoms with Crippen LogP contribution in [0.4, 0.5) is 0 Å². The van der Waals surface area contributed by atoms with Crippen LogP contribution in [0.25, 0.3) is 0 Å². The van der Waals surface area contributed by atoms with Gasteiger partial charge in [0.15, 0.2) is 0 Å². The van der Waals surface area contributed by atoms with Crippen molar-refractivity contribution < 1.29 is 9.53 Å². The van der Waals surface area contributed by atoms with Gasteiger partial charge in [-0.25, -0.2) is 0 Å². The Kier molecular flexibility index (Phi) is 3.70. The van der Waals surface area contributed by atoms with E-state index >= 15 is 0 Å². The first-order valence-electron chi connectivity index (χ1n) is 3.95. The number of ether oxygens (including phenoxy) is 1.